The fraction of sp³-hybridized carbons (Fsp3) is 0.462. The van der Waals surface area contributed by atoms with Crippen LogP contribution >= 0.6 is 26.6 Å². The number of nitrogens with zero attached hydrogens (tertiary/aromatic N) is 1. The van der Waals surface area contributed by atoms with Crippen molar-refractivity contribution in [2.75, 3.05) is 6.61 Å². The number of halogens is 2. The number of rotatable bonds is 6. The lowest BCUT2D eigenvalue weighted by molar-refractivity contribution is 0.278. The van der Waals surface area contributed by atoms with Gasteiger partial charge in [-0.25, -0.2) is 8.42 Å². The van der Waals surface area contributed by atoms with Crippen LogP contribution in [-0.4, -0.2) is 15.0 Å². The second-order valence-electron chi connectivity index (χ2n) is 4.98. The lowest BCUT2D eigenvalue weighted by atomic mass is 9.90. The zero-order chi connectivity index (χ0) is 15.4. The molecule has 0 amide bonds. The highest BCUT2D eigenvalue weighted by Gasteiger charge is 2.19. The molecule has 1 aromatic rings. The predicted molar refractivity (Wildman–Crippen MR) is 81.3 cm³/mol. The van der Waals surface area contributed by atoms with Crippen LogP contribution in [0.25, 0.3) is 0 Å². The lowest BCUT2D eigenvalue weighted by Crippen LogP contribution is -2.10. The molecule has 0 atom stereocenters. The van der Waals surface area contributed by atoms with E-state index in [0.717, 1.165) is 0 Å². The van der Waals surface area contributed by atoms with Gasteiger partial charge in [-0.05, 0) is 44.9 Å². The normalized spacial score (nSPS) is 11.9. The molecule has 0 spiro atoms. The highest BCUT2D eigenvalue weighted by atomic mass is 79.9. The van der Waals surface area contributed by atoms with Crippen molar-refractivity contribution in [1.29, 1.82) is 5.26 Å². The summed E-state index contributed by atoms with van der Waals surface area (Å²) in [6, 6.07) is 6.84. The third kappa shape index (κ3) is 5.31. The van der Waals surface area contributed by atoms with E-state index in [4.69, 9.17) is 20.7 Å². The molecule has 0 aliphatic carbocycles. The molecule has 0 saturated carbocycles. The Bertz CT molecular complexity index is 623. The summed E-state index contributed by atoms with van der Waals surface area (Å²) in [4.78, 5) is -0.0620. The molecule has 0 aliphatic heterocycles. The average Bonchev–Trinajstić information content (AvgIpc) is 2.35. The monoisotopic (exact) mass is 379 g/mol. The highest BCUT2D eigenvalue weighted by Crippen LogP contribution is 2.30. The molecule has 4 nitrogen and oxygen atoms in total. The standard InChI is InChI=1S/C13H15BrClNO3S/c1-13(2,9-16)6-3-7-19-11-5-4-10(14)8-12(11)20(15,17)18/h4-5,8H,3,6-7H2,1-2H3. The molecule has 0 bridgehead atoms. The molecular formula is C13H15BrClNO3S. The Kier molecular flexibility index (Phi) is 5.87. The summed E-state index contributed by atoms with van der Waals surface area (Å²) in [5, 5.41) is 8.90. The molecule has 0 aliphatic rings. The Morgan fingerprint density at radius 2 is 2.10 bits per heavy atom. The summed E-state index contributed by atoms with van der Waals surface area (Å²) < 4.78 is 29.0. The molecule has 0 fully saturated rings. The summed E-state index contributed by atoms with van der Waals surface area (Å²) in [7, 11) is 1.51. The van der Waals surface area contributed by atoms with Crippen LogP contribution in [0, 0.1) is 16.7 Å². The molecule has 0 saturated heterocycles. The molecular weight excluding hydrogens is 366 g/mol. The molecule has 1 aromatic carbocycles. The molecule has 0 aromatic heterocycles. The van der Waals surface area contributed by atoms with Gasteiger partial charge in [0.2, 0.25) is 0 Å². The minimum atomic E-state index is -3.86. The van der Waals surface area contributed by atoms with Gasteiger partial charge in [-0.15, -0.1) is 0 Å². The van der Waals surface area contributed by atoms with Gasteiger partial charge in [0.1, 0.15) is 10.6 Å². The second-order valence-corrected chi connectivity index (χ2v) is 8.43. The molecule has 7 heteroatoms. The number of nitriles is 1. The number of hydrogen-bond donors (Lipinski definition) is 0. The highest BCUT2D eigenvalue weighted by molar-refractivity contribution is 9.10. The molecule has 0 heterocycles. The maximum Gasteiger partial charge on any atom is 0.265 e. The van der Waals surface area contributed by atoms with Gasteiger partial charge in [0.15, 0.2) is 0 Å². The zero-order valence-corrected chi connectivity index (χ0v) is 14.3. The molecule has 110 valence electrons. The Balaban J connectivity index is 2.73. The number of hydrogen-bond acceptors (Lipinski definition) is 4. The maximum atomic E-state index is 11.5. The van der Waals surface area contributed by atoms with Gasteiger partial charge in [0.25, 0.3) is 9.05 Å². The van der Waals surface area contributed by atoms with Crippen molar-refractivity contribution >= 4 is 35.7 Å². The summed E-state index contributed by atoms with van der Waals surface area (Å²) in [5.74, 6) is 0.220. The van der Waals surface area contributed by atoms with E-state index in [-0.39, 0.29) is 10.6 Å². The number of ether oxygens (including phenoxy) is 1. The summed E-state index contributed by atoms with van der Waals surface area (Å²) >= 11 is 3.19. The van der Waals surface area contributed by atoms with E-state index in [9.17, 15) is 8.42 Å². The van der Waals surface area contributed by atoms with Crippen LogP contribution < -0.4 is 4.74 Å². The van der Waals surface area contributed by atoms with Crippen LogP contribution in [0.15, 0.2) is 27.6 Å². The first kappa shape index (κ1) is 17.3. The van der Waals surface area contributed by atoms with E-state index < -0.39 is 14.5 Å². The van der Waals surface area contributed by atoms with Gasteiger partial charge in [0, 0.05) is 15.2 Å². The molecule has 0 unspecified atom stereocenters. The van der Waals surface area contributed by atoms with E-state index in [1.807, 2.05) is 13.8 Å². The Hall–Kier alpha value is -0.770. The SMILES string of the molecule is CC(C)(C#N)CCCOc1ccc(Br)cc1S(=O)(=O)Cl. The van der Waals surface area contributed by atoms with Crippen LogP contribution in [0.3, 0.4) is 0 Å². The summed E-state index contributed by atoms with van der Waals surface area (Å²) in [5.41, 5.74) is -0.412. The van der Waals surface area contributed by atoms with E-state index in [0.29, 0.717) is 23.9 Å². The van der Waals surface area contributed by atoms with Crippen LogP contribution in [0.1, 0.15) is 26.7 Å². The minimum absolute atomic E-state index is 0.0620. The van der Waals surface area contributed by atoms with Crippen molar-refractivity contribution in [3.8, 4) is 11.8 Å². The van der Waals surface area contributed by atoms with Crippen molar-refractivity contribution in [1.82, 2.24) is 0 Å². The Morgan fingerprint density at radius 1 is 1.45 bits per heavy atom. The third-order valence-electron chi connectivity index (χ3n) is 2.67. The first-order valence-corrected chi connectivity index (χ1v) is 9.04. The first-order valence-electron chi connectivity index (χ1n) is 5.94. The lowest BCUT2D eigenvalue weighted by Gasteiger charge is -2.15. The fourth-order valence-corrected chi connectivity index (χ4v) is 3.05. The average molecular weight is 381 g/mol. The summed E-state index contributed by atoms with van der Waals surface area (Å²) in [6.45, 7) is 4.02. The third-order valence-corrected chi connectivity index (χ3v) is 4.51. The van der Waals surface area contributed by atoms with Gasteiger partial charge in [-0.3, -0.25) is 0 Å². The van der Waals surface area contributed by atoms with Crippen molar-refractivity contribution in [2.24, 2.45) is 5.41 Å². The smallest absolute Gasteiger partial charge is 0.265 e. The quantitative estimate of drug-likeness (QED) is 0.551. The van der Waals surface area contributed by atoms with Crippen LogP contribution in [0.5, 0.6) is 5.75 Å². The molecule has 20 heavy (non-hydrogen) atoms. The van der Waals surface area contributed by atoms with Crippen molar-refractivity contribution in [2.45, 2.75) is 31.6 Å². The van der Waals surface area contributed by atoms with Crippen molar-refractivity contribution in [3.63, 3.8) is 0 Å². The largest absolute Gasteiger partial charge is 0.492 e. The summed E-state index contributed by atoms with van der Waals surface area (Å²) in [6.07, 6.45) is 1.32. The van der Waals surface area contributed by atoms with Crippen LogP contribution in [0.4, 0.5) is 0 Å². The molecule has 0 N–H and O–H groups in total. The molecule has 1 rings (SSSR count). The Labute approximate surface area is 132 Å². The topological polar surface area (TPSA) is 67.2 Å². The van der Waals surface area contributed by atoms with Crippen LogP contribution in [-0.2, 0) is 9.05 Å². The predicted octanol–water partition coefficient (Wildman–Crippen LogP) is 4.09. The van der Waals surface area contributed by atoms with E-state index in [1.165, 1.54) is 6.07 Å². The van der Waals surface area contributed by atoms with Gasteiger partial charge in [-0.1, -0.05) is 15.9 Å². The van der Waals surface area contributed by atoms with Gasteiger partial charge in [-0.2, -0.15) is 5.26 Å². The van der Waals surface area contributed by atoms with E-state index in [2.05, 4.69) is 22.0 Å². The van der Waals surface area contributed by atoms with Gasteiger partial charge in [0.05, 0.1) is 18.1 Å². The van der Waals surface area contributed by atoms with Gasteiger partial charge < -0.3 is 4.74 Å². The number of benzene rings is 1. The van der Waals surface area contributed by atoms with Crippen molar-refractivity contribution < 1.29 is 13.2 Å². The second kappa shape index (κ2) is 6.79. The fourth-order valence-electron chi connectivity index (χ4n) is 1.54. The minimum Gasteiger partial charge on any atom is -0.492 e. The van der Waals surface area contributed by atoms with Crippen molar-refractivity contribution in [3.05, 3.63) is 22.7 Å². The Morgan fingerprint density at radius 3 is 2.65 bits per heavy atom. The first-order chi connectivity index (χ1) is 9.15. The molecule has 0 radical (unpaired) electrons. The maximum absolute atomic E-state index is 11.5. The van der Waals surface area contributed by atoms with E-state index >= 15 is 0 Å². The zero-order valence-electron chi connectivity index (χ0n) is 11.2. The van der Waals surface area contributed by atoms with Crippen LogP contribution in [0.2, 0.25) is 0 Å². The van der Waals surface area contributed by atoms with Gasteiger partial charge >= 0.3 is 0 Å². The van der Waals surface area contributed by atoms with E-state index in [1.54, 1.807) is 12.1 Å².